The molecule has 160 valence electrons. The van der Waals surface area contributed by atoms with Crippen LogP contribution in [-0.4, -0.2) is 51.3 Å². The van der Waals surface area contributed by atoms with Gasteiger partial charge in [0.25, 0.3) is 0 Å². The third kappa shape index (κ3) is 5.83. The van der Waals surface area contributed by atoms with Crippen molar-refractivity contribution in [3.63, 3.8) is 0 Å². The zero-order valence-corrected chi connectivity index (χ0v) is 17.8. The van der Waals surface area contributed by atoms with Gasteiger partial charge >= 0.3 is 0 Å². The van der Waals surface area contributed by atoms with Crippen LogP contribution in [0.15, 0.2) is 48.5 Å². The van der Waals surface area contributed by atoms with Crippen LogP contribution in [0.1, 0.15) is 24.0 Å². The van der Waals surface area contributed by atoms with Gasteiger partial charge in [-0.1, -0.05) is 18.2 Å². The van der Waals surface area contributed by atoms with Crippen molar-refractivity contribution in [2.24, 2.45) is 0 Å². The van der Waals surface area contributed by atoms with E-state index in [0.717, 1.165) is 30.7 Å². The zero-order valence-electron chi connectivity index (χ0n) is 17.8. The van der Waals surface area contributed by atoms with E-state index in [-0.39, 0.29) is 17.8 Å². The molecule has 0 bridgehead atoms. The molecule has 0 aliphatic carbocycles. The first kappa shape index (κ1) is 21.8. The summed E-state index contributed by atoms with van der Waals surface area (Å²) in [5.41, 5.74) is 2.77. The number of rotatable bonds is 8. The minimum Gasteiger partial charge on any atom is -0.494 e. The summed E-state index contributed by atoms with van der Waals surface area (Å²) in [5, 5.41) is 0. The first-order chi connectivity index (χ1) is 14.5. The molecule has 0 aromatic heterocycles. The van der Waals surface area contributed by atoms with E-state index in [1.165, 1.54) is 19.3 Å². The molecule has 1 fully saturated rings. The lowest BCUT2D eigenvalue weighted by atomic mass is 10.1. The van der Waals surface area contributed by atoms with Crippen molar-refractivity contribution in [1.29, 1.82) is 0 Å². The van der Waals surface area contributed by atoms with Gasteiger partial charge in [-0.25, -0.2) is 4.39 Å². The maximum Gasteiger partial charge on any atom is 0.246 e. The molecule has 0 N–H and O–H groups in total. The Morgan fingerprint density at radius 2 is 2.00 bits per heavy atom. The number of carbonyl (C=O) groups excluding carboxylic acids is 1. The second-order valence-electron chi connectivity index (χ2n) is 7.64. The summed E-state index contributed by atoms with van der Waals surface area (Å²) in [7, 11) is 5.41. The molecule has 1 heterocycles. The highest BCUT2D eigenvalue weighted by Crippen LogP contribution is 2.20. The largest absolute Gasteiger partial charge is 0.494 e. The summed E-state index contributed by atoms with van der Waals surface area (Å²) in [5.74, 6) is -0.401. The standard InChI is InChI=1S/C24H29FN2O3/c1-26(2)20-10-6-19(7-11-20)16-27(17-21-5-4-14-30-21)24(28)13-9-18-8-12-23(29-3)22(25)15-18/h6-13,15,21H,4-5,14,16-17H2,1-3H3/b13-9+/t21-/m1/s1. The van der Waals surface area contributed by atoms with E-state index in [1.807, 2.05) is 43.3 Å². The molecule has 0 saturated carbocycles. The van der Waals surface area contributed by atoms with Crippen LogP contribution in [0.25, 0.3) is 6.08 Å². The lowest BCUT2D eigenvalue weighted by molar-refractivity contribution is -0.128. The molecular formula is C24H29FN2O3. The van der Waals surface area contributed by atoms with Crippen LogP contribution in [0.2, 0.25) is 0 Å². The summed E-state index contributed by atoms with van der Waals surface area (Å²) >= 11 is 0. The Kier molecular flexibility index (Phi) is 7.46. The molecule has 0 spiro atoms. The summed E-state index contributed by atoms with van der Waals surface area (Å²) < 4.78 is 24.6. The third-order valence-corrected chi connectivity index (χ3v) is 5.18. The Morgan fingerprint density at radius 3 is 2.60 bits per heavy atom. The molecule has 30 heavy (non-hydrogen) atoms. The van der Waals surface area contributed by atoms with Crippen LogP contribution in [-0.2, 0) is 16.1 Å². The molecule has 3 rings (SSSR count). The maximum absolute atomic E-state index is 13.9. The number of methoxy groups -OCH3 is 1. The average molecular weight is 413 g/mol. The Morgan fingerprint density at radius 1 is 1.23 bits per heavy atom. The third-order valence-electron chi connectivity index (χ3n) is 5.18. The Labute approximate surface area is 177 Å². The molecule has 2 aromatic carbocycles. The molecule has 1 atom stereocenters. The number of halogens is 1. The first-order valence-corrected chi connectivity index (χ1v) is 10.1. The van der Waals surface area contributed by atoms with E-state index >= 15 is 0 Å². The number of amides is 1. The number of anilines is 1. The number of benzene rings is 2. The van der Waals surface area contributed by atoms with Crippen LogP contribution in [0.5, 0.6) is 5.75 Å². The van der Waals surface area contributed by atoms with Crippen LogP contribution < -0.4 is 9.64 Å². The molecule has 1 aliphatic rings. The number of ether oxygens (including phenoxy) is 2. The SMILES string of the molecule is COc1ccc(/C=C/C(=O)N(Cc2ccc(N(C)C)cc2)C[C@H]2CCCO2)cc1F. The highest BCUT2D eigenvalue weighted by Gasteiger charge is 2.21. The van der Waals surface area contributed by atoms with Crippen molar-refractivity contribution in [2.75, 3.05) is 39.3 Å². The monoisotopic (exact) mass is 412 g/mol. The van der Waals surface area contributed by atoms with Crippen molar-refractivity contribution < 1.29 is 18.7 Å². The topological polar surface area (TPSA) is 42.0 Å². The number of hydrogen-bond donors (Lipinski definition) is 0. The van der Waals surface area contributed by atoms with E-state index in [9.17, 15) is 9.18 Å². The predicted molar refractivity (Wildman–Crippen MR) is 117 cm³/mol. The van der Waals surface area contributed by atoms with Gasteiger partial charge in [0.15, 0.2) is 11.6 Å². The van der Waals surface area contributed by atoms with Crippen LogP contribution in [0, 0.1) is 5.82 Å². The Hall–Kier alpha value is -2.86. The molecule has 1 saturated heterocycles. The molecule has 6 heteroatoms. The van der Waals surface area contributed by atoms with E-state index in [2.05, 4.69) is 0 Å². The predicted octanol–water partition coefficient (Wildman–Crippen LogP) is 4.12. The molecular weight excluding hydrogens is 383 g/mol. The van der Waals surface area contributed by atoms with Crippen molar-refractivity contribution in [3.8, 4) is 5.75 Å². The first-order valence-electron chi connectivity index (χ1n) is 10.1. The Bertz CT molecular complexity index is 875. The van der Waals surface area contributed by atoms with Gasteiger partial charge < -0.3 is 19.3 Å². The minimum absolute atomic E-state index is 0.0572. The molecule has 1 aliphatic heterocycles. The maximum atomic E-state index is 13.9. The molecule has 0 radical (unpaired) electrons. The van der Waals surface area contributed by atoms with E-state index < -0.39 is 5.82 Å². The van der Waals surface area contributed by atoms with Gasteiger partial charge in [-0.3, -0.25) is 4.79 Å². The van der Waals surface area contributed by atoms with Gasteiger partial charge in [-0.15, -0.1) is 0 Å². The fourth-order valence-corrected chi connectivity index (χ4v) is 3.45. The fraction of sp³-hybridized carbons (Fsp3) is 0.375. The average Bonchev–Trinajstić information content (AvgIpc) is 3.25. The molecule has 1 amide bonds. The van der Waals surface area contributed by atoms with Crippen molar-refractivity contribution in [1.82, 2.24) is 4.90 Å². The second kappa shape index (κ2) is 10.3. The number of nitrogens with zero attached hydrogens (tertiary/aromatic N) is 2. The summed E-state index contributed by atoms with van der Waals surface area (Å²) in [6, 6.07) is 12.8. The molecule has 0 unspecified atom stereocenters. The van der Waals surface area contributed by atoms with Gasteiger partial charge in [-0.2, -0.15) is 0 Å². The number of hydrogen-bond acceptors (Lipinski definition) is 4. The number of carbonyl (C=O) groups is 1. The van der Waals surface area contributed by atoms with E-state index in [1.54, 1.807) is 23.1 Å². The minimum atomic E-state index is -0.454. The van der Waals surface area contributed by atoms with E-state index in [0.29, 0.717) is 18.7 Å². The van der Waals surface area contributed by atoms with Crippen molar-refractivity contribution >= 4 is 17.7 Å². The van der Waals surface area contributed by atoms with Gasteiger partial charge in [0.05, 0.1) is 13.2 Å². The lowest BCUT2D eigenvalue weighted by Crippen LogP contribution is -2.35. The highest BCUT2D eigenvalue weighted by molar-refractivity contribution is 5.91. The molecule has 2 aromatic rings. The molecule has 5 nitrogen and oxygen atoms in total. The quantitative estimate of drug-likeness (QED) is 0.612. The fourth-order valence-electron chi connectivity index (χ4n) is 3.45. The summed E-state index contributed by atoms with van der Waals surface area (Å²) in [6.45, 7) is 1.77. The van der Waals surface area contributed by atoms with Gasteiger partial charge in [0, 0.05) is 45.6 Å². The van der Waals surface area contributed by atoms with Crippen molar-refractivity contribution in [3.05, 3.63) is 65.5 Å². The van der Waals surface area contributed by atoms with Crippen LogP contribution in [0.3, 0.4) is 0 Å². The zero-order chi connectivity index (χ0) is 21.5. The smallest absolute Gasteiger partial charge is 0.246 e. The summed E-state index contributed by atoms with van der Waals surface area (Å²) in [4.78, 5) is 16.8. The lowest BCUT2D eigenvalue weighted by Gasteiger charge is -2.25. The normalized spacial score (nSPS) is 16.1. The van der Waals surface area contributed by atoms with E-state index in [4.69, 9.17) is 9.47 Å². The van der Waals surface area contributed by atoms with Gasteiger partial charge in [-0.05, 0) is 54.3 Å². The Balaban J connectivity index is 1.73. The van der Waals surface area contributed by atoms with Crippen LogP contribution >= 0.6 is 0 Å². The summed E-state index contributed by atoms with van der Waals surface area (Å²) in [6.07, 6.45) is 5.15. The van der Waals surface area contributed by atoms with Gasteiger partial charge in [0.1, 0.15) is 0 Å². The van der Waals surface area contributed by atoms with Gasteiger partial charge in [0.2, 0.25) is 5.91 Å². The second-order valence-corrected chi connectivity index (χ2v) is 7.64. The van der Waals surface area contributed by atoms with Crippen molar-refractivity contribution in [2.45, 2.75) is 25.5 Å². The highest BCUT2D eigenvalue weighted by atomic mass is 19.1. The van der Waals surface area contributed by atoms with Crippen LogP contribution in [0.4, 0.5) is 10.1 Å².